The van der Waals surface area contributed by atoms with E-state index in [1.165, 1.54) is 22.2 Å². The van der Waals surface area contributed by atoms with Crippen LogP contribution in [0.15, 0.2) is 35.4 Å². The largest absolute Gasteiger partial charge is 0.382 e. The lowest BCUT2D eigenvalue weighted by molar-refractivity contribution is 0.0943. The fraction of sp³-hybridized carbons (Fsp3) is 0.333. The summed E-state index contributed by atoms with van der Waals surface area (Å²) < 4.78 is 6.64. The van der Waals surface area contributed by atoms with Crippen LogP contribution in [0.5, 0.6) is 0 Å². The number of anilines is 1. The smallest absolute Gasteiger partial charge is 0.266 e. The zero-order valence-corrected chi connectivity index (χ0v) is 18.0. The molecule has 8 nitrogen and oxygen atoms in total. The molecule has 0 aliphatic heterocycles. The first-order chi connectivity index (χ1) is 14.4. The number of carbonyl (C=O) groups excluding carboxylic acids is 2. The van der Waals surface area contributed by atoms with E-state index in [1.54, 1.807) is 38.2 Å². The zero-order chi connectivity index (χ0) is 21.7. The maximum Gasteiger partial charge on any atom is 0.266 e. The number of thiophene rings is 1. The van der Waals surface area contributed by atoms with Gasteiger partial charge in [0, 0.05) is 38.1 Å². The van der Waals surface area contributed by atoms with Crippen molar-refractivity contribution in [2.45, 2.75) is 20.3 Å². The third-order valence-corrected chi connectivity index (χ3v) is 5.75. The summed E-state index contributed by atoms with van der Waals surface area (Å²) in [5.74, 6) is -0.555. The van der Waals surface area contributed by atoms with Crippen molar-refractivity contribution in [3.63, 3.8) is 0 Å². The molecular weight excluding hydrogens is 404 g/mol. The van der Waals surface area contributed by atoms with E-state index in [1.807, 2.05) is 6.92 Å². The predicted octanol–water partition coefficient (Wildman–Crippen LogP) is 2.71. The van der Waals surface area contributed by atoms with Gasteiger partial charge in [-0.15, -0.1) is 11.3 Å². The molecule has 0 saturated carbocycles. The molecule has 2 amide bonds. The molecule has 1 aromatic carbocycles. The van der Waals surface area contributed by atoms with Crippen molar-refractivity contribution in [2.75, 3.05) is 25.1 Å². The molecule has 3 aromatic rings. The maximum atomic E-state index is 12.8. The first-order valence-electron chi connectivity index (χ1n) is 9.64. The third kappa shape index (κ3) is 4.74. The SMILES string of the molecule is CCOCCCNC(=O)c1cccc(NC(=O)c2sc3ncn(C)c(=O)c3c2C)c1. The molecule has 2 N–H and O–H groups in total. The van der Waals surface area contributed by atoms with Crippen LogP contribution in [0.25, 0.3) is 10.2 Å². The standard InChI is InChI=1S/C21H24N4O4S/c1-4-29-10-6-9-22-18(26)14-7-5-8-15(11-14)24-19(27)17-13(2)16-20(30-17)23-12-25(3)21(16)28/h5,7-8,11-12H,4,6,9-10H2,1-3H3,(H,22,26)(H,24,27). The number of benzene rings is 1. The van der Waals surface area contributed by atoms with Crippen molar-refractivity contribution in [1.82, 2.24) is 14.9 Å². The summed E-state index contributed by atoms with van der Waals surface area (Å²) in [5.41, 5.74) is 1.37. The highest BCUT2D eigenvalue weighted by atomic mass is 32.1. The Morgan fingerprint density at radius 1 is 1.27 bits per heavy atom. The summed E-state index contributed by atoms with van der Waals surface area (Å²) in [7, 11) is 1.62. The molecule has 0 aliphatic carbocycles. The lowest BCUT2D eigenvalue weighted by atomic mass is 10.1. The monoisotopic (exact) mass is 428 g/mol. The highest BCUT2D eigenvalue weighted by molar-refractivity contribution is 7.20. The summed E-state index contributed by atoms with van der Waals surface area (Å²) in [4.78, 5) is 42.7. The lowest BCUT2D eigenvalue weighted by Gasteiger charge is -2.08. The Balaban J connectivity index is 1.72. The maximum absolute atomic E-state index is 12.8. The Morgan fingerprint density at radius 3 is 2.83 bits per heavy atom. The average Bonchev–Trinajstić information content (AvgIpc) is 3.08. The number of aryl methyl sites for hydroxylation is 2. The molecule has 9 heteroatoms. The van der Waals surface area contributed by atoms with Gasteiger partial charge in [-0.25, -0.2) is 4.98 Å². The summed E-state index contributed by atoms with van der Waals surface area (Å²) in [6.45, 7) is 5.43. The van der Waals surface area contributed by atoms with Crippen molar-refractivity contribution >= 4 is 39.1 Å². The minimum Gasteiger partial charge on any atom is -0.382 e. The van der Waals surface area contributed by atoms with Gasteiger partial charge >= 0.3 is 0 Å². The zero-order valence-electron chi connectivity index (χ0n) is 17.2. The van der Waals surface area contributed by atoms with Gasteiger partial charge in [-0.1, -0.05) is 6.07 Å². The molecule has 0 spiro atoms. The van der Waals surface area contributed by atoms with Crippen LogP contribution < -0.4 is 16.2 Å². The van der Waals surface area contributed by atoms with Crippen LogP contribution in [-0.2, 0) is 11.8 Å². The number of aromatic nitrogens is 2. The first-order valence-corrected chi connectivity index (χ1v) is 10.5. The molecule has 0 fully saturated rings. The number of nitrogens with zero attached hydrogens (tertiary/aromatic N) is 2. The topological polar surface area (TPSA) is 102 Å². The molecule has 0 saturated heterocycles. The molecule has 2 aromatic heterocycles. The van der Waals surface area contributed by atoms with E-state index < -0.39 is 0 Å². The van der Waals surface area contributed by atoms with Crippen LogP contribution in [0.3, 0.4) is 0 Å². The second kappa shape index (κ2) is 9.64. The molecular formula is C21H24N4O4S. The van der Waals surface area contributed by atoms with Gasteiger partial charge in [0.05, 0.1) is 16.6 Å². The summed E-state index contributed by atoms with van der Waals surface area (Å²) in [6.07, 6.45) is 2.17. The van der Waals surface area contributed by atoms with Gasteiger partial charge in [0.25, 0.3) is 17.4 Å². The van der Waals surface area contributed by atoms with Gasteiger partial charge in [-0.05, 0) is 44.0 Å². The van der Waals surface area contributed by atoms with Crippen molar-refractivity contribution < 1.29 is 14.3 Å². The van der Waals surface area contributed by atoms with Gasteiger partial charge in [-0.2, -0.15) is 0 Å². The van der Waals surface area contributed by atoms with Crippen LogP contribution in [0, 0.1) is 6.92 Å². The highest BCUT2D eigenvalue weighted by Crippen LogP contribution is 2.27. The molecule has 0 radical (unpaired) electrons. The average molecular weight is 429 g/mol. The molecule has 0 bridgehead atoms. The molecule has 30 heavy (non-hydrogen) atoms. The second-order valence-corrected chi connectivity index (χ2v) is 7.74. The minimum absolute atomic E-state index is 0.184. The molecule has 3 rings (SSSR count). The Morgan fingerprint density at radius 2 is 2.07 bits per heavy atom. The van der Waals surface area contributed by atoms with Crippen LogP contribution in [0.4, 0.5) is 5.69 Å². The van der Waals surface area contributed by atoms with Crippen molar-refractivity contribution in [1.29, 1.82) is 0 Å². The Hall–Kier alpha value is -3.04. The Bertz CT molecular complexity index is 1140. The van der Waals surface area contributed by atoms with Gasteiger partial charge < -0.3 is 19.9 Å². The van der Waals surface area contributed by atoms with Gasteiger partial charge in [0.2, 0.25) is 0 Å². The second-order valence-electron chi connectivity index (χ2n) is 6.74. The highest BCUT2D eigenvalue weighted by Gasteiger charge is 2.19. The number of hydrogen-bond acceptors (Lipinski definition) is 6. The van der Waals surface area contributed by atoms with Gasteiger partial charge in [-0.3, -0.25) is 14.4 Å². The fourth-order valence-corrected chi connectivity index (χ4v) is 4.01. The van der Waals surface area contributed by atoms with E-state index in [0.29, 0.717) is 51.7 Å². The Labute approximate surface area is 177 Å². The summed E-state index contributed by atoms with van der Waals surface area (Å²) >= 11 is 1.17. The van der Waals surface area contributed by atoms with Crippen LogP contribution in [0.2, 0.25) is 0 Å². The van der Waals surface area contributed by atoms with Crippen LogP contribution in [-0.4, -0.2) is 41.1 Å². The number of ether oxygens (including phenoxy) is 1. The van der Waals surface area contributed by atoms with E-state index in [0.717, 1.165) is 6.42 Å². The van der Waals surface area contributed by atoms with Gasteiger partial charge in [0.1, 0.15) is 4.83 Å². The van der Waals surface area contributed by atoms with Crippen LogP contribution in [0.1, 0.15) is 38.9 Å². The van der Waals surface area contributed by atoms with Crippen LogP contribution >= 0.6 is 11.3 Å². The lowest BCUT2D eigenvalue weighted by Crippen LogP contribution is -2.25. The fourth-order valence-electron chi connectivity index (χ4n) is 2.97. The van der Waals surface area contributed by atoms with Crippen molar-refractivity contribution in [3.8, 4) is 0 Å². The van der Waals surface area contributed by atoms with E-state index in [4.69, 9.17) is 4.74 Å². The number of carbonyl (C=O) groups is 2. The summed E-state index contributed by atoms with van der Waals surface area (Å²) in [6, 6.07) is 6.73. The quantitative estimate of drug-likeness (QED) is 0.537. The third-order valence-electron chi connectivity index (χ3n) is 4.55. The molecule has 0 atom stereocenters. The van der Waals surface area contributed by atoms with Crippen molar-refractivity contribution in [3.05, 3.63) is 57.0 Å². The van der Waals surface area contributed by atoms with E-state index in [-0.39, 0.29) is 17.4 Å². The van der Waals surface area contributed by atoms with E-state index in [9.17, 15) is 14.4 Å². The number of rotatable bonds is 8. The molecule has 0 aliphatic rings. The van der Waals surface area contributed by atoms with Crippen molar-refractivity contribution in [2.24, 2.45) is 7.05 Å². The number of hydrogen-bond donors (Lipinski definition) is 2. The Kier molecular flexibility index (Phi) is 6.96. The number of fused-ring (bicyclic) bond motifs is 1. The summed E-state index contributed by atoms with van der Waals surface area (Å²) in [5, 5.41) is 6.10. The van der Waals surface area contributed by atoms with E-state index in [2.05, 4.69) is 15.6 Å². The first kappa shape index (κ1) is 21.7. The van der Waals surface area contributed by atoms with Gasteiger partial charge in [0.15, 0.2) is 0 Å². The molecule has 0 unspecified atom stereocenters. The van der Waals surface area contributed by atoms with E-state index >= 15 is 0 Å². The molecule has 2 heterocycles. The minimum atomic E-state index is -0.341. The predicted molar refractivity (Wildman–Crippen MR) is 117 cm³/mol. The molecule has 158 valence electrons. The normalized spacial score (nSPS) is 10.9. The number of nitrogens with one attached hydrogen (secondary N) is 2. The number of amides is 2.